The lowest BCUT2D eigenvalue weighted by Gasteiger charge is -2.71. The van der Waals surface area contributed by atoms with E-state index in [1.807, 2.05) is 0 Å². The number of rotatable bonds is 8. The molecule has 18 atom stereocenters. The van der Waals surface area contributed by atoms with Crippen LogP contribution >= 0.6 is 0 Å². The molecule has 5 aliphatic carbocycles. The molecule has 0 amide bonds. The van der Waals surface area contributed by atoms with Crippen LogP contribution in [0.4, 0.5) is 0 Å². The number of carbonyl (C=O) groups excluding carboxylic acids is 2. The van der Waals surface area contributed by atoms with Gasteiger partial charge in [-0.25, -0.2) is 0 Å². The minimum absolute atomic E-state index is 0.0651. The molecule has 0 spiro atoms. The van der Waals surface area contributed by atoms with Crippen molar-refractivity contribution in [3.8, 4) is 0 Å². The largest absolute Gasteiger partial charge is 0.481 e. The van der Waals surface area contributed by atoms with Crippen LogP contribution in [-0.2, 0) is 38.1 Å². The van der Waals surface area contributed by atoms with E-state index >= 15 is 0 Å². The number of allylic oxidation sites excluding steroid dienone is 2. The zero-order chi connectivity index (χ0) is 44.1. The van der Waals surface area contributed by atoms with Crippen LogP contribution in [0, 0.1) is 50.2 Å². The third kappa shape index (κ3) is 7.16. The molecule has 7 rings (SSSR count). The van der Waals surface area contributed by atoms with E-state index in [0.29, 0.717) is 25.7 Å². The molecule has 2 aliphatic heterocycles. The molecular weight excluding hydrogens is 784 g/mol. The monoisotopic (exact) mass is 852 g/mol. The molecule has 16 nitrogen and oxygen atoms in total. The minimum atomic E-state index is -1.69. The molecule has 2 heterocycles. The highest BCUT2D eigenvalue weighted by molar-refractivity contribution is 5.90. The van der Waals surface area contributed by atoms with Gasteiger partial charge < -0.3 is 64.5 Å². The average Bonchev–Trinajstić information content (AvgIpc) is 3.15. The number of carbonyl (C=O) groups is 3. The molecule has 16 heteroatoms. The van der Waals surface area contributed by atoms with E-state index in [9.17, 15) is 50.1 Å². The Kier molecular flexibility index (Phi) is 12.0. The van der Waals surface area contributed by atoms with Gasteiger partial charge in [0.2, 0.25) is 6.29 Å². The molecule has 4 saturated carbocycles. The van der Waals surface area contributed by atoms with Crippen LogP contribution in [0.3, 0.4) is 0 Å². The van der Waals surface area contributed by atoms with Crippen LogP contribution in [-0.4, -0.2) is 139 Å². The van der Waals surface area contributed by atoms with E-state index < -0.39 is 109 Å². The maximum atomic E-state index is 14.6. The van der Waals surface area contributed by atoms with Crippen LogP contribution in [0.1, 0.15) is 113 Å². The first-order valence-corrected chi connectivity index (χ1v) is 21.8. The van der Waals surface area contributed by atoms with Gasteiger partial charge in [-0.3, -0.25) is 14.4 Å². The van der Waals surface area contributed by atoms with Crippen molar-refractivity contribution in [2.24, 2.45) is 50.2 Å². The van der Waals surface area contributed by atoms with Crippen molar-refractivity contribution in [1.82, 2.24) is 0 Å². The van der Waals surface area contributed by atoms with Crippen LogP contribution in [0.15, 0.2) is 11.6 Å². The Morgan fingerprint density at radius 1 is 0.783 bits per heavy atom. The second kappa shape index (κ2) is 15.8. The first kappa shape index (κ1) is 45.8. The summed E-state index contributed by atoms with van der Waals surface area (Å²) in [6.07, 6.45) is -7.81. The van der Waals surface area contributed by atoms with Crippen molar-refractivity contribution in [2.45, 2.75) is 180 Å². The van der Waals surface area contributed by atoms with E-state index in [2.05, 4.69) is 54.5 Å². The van der Waals surface area contributed by atoms with Gasteiger partial charge in [0, 0.05) is 0 Å². The zero-order valence-electron chi connectivity index (χ0n) is 36.0. The molecule has 7 aliphatic rings. The van der Waals surface area contributed by atoms with Crippen LogP contribution in [0.25, 0.3) is 0 Å². The predicted molar refractivity (Wildman–Crippen MR) is 209 cm³/mol. The number of carboxylic acids is 1. The highest BCUT2D eigenvalue weighted by atomic mass is 16.7. The smallest absolute Gasteiger partial charge is 0.317 e. The highest BCUT2D eigenvalue weighted by Gasteiger charge is 2.71. The number of aliphatic carboxylic acids is 1. The summed E-state index contributed by atoms with van der Waals surface area (Å²) < 4.78 is 28.9. The fourth-order valence-corrected chi connectivity index (χ4v) is 13.9. The van der Waals surface area contributed by atoms with Crippen molar-refractivity contribution in [3.05, 3.63) is 11.6 Å². The Hall–Kier alpha value is -2.25. The molecule has 0 radical (unpaired) electrons. The fraction of sp³-hybridized carbons (Fsp3) is 0.886. The van der Waals surface area contributed by atoms with Crippen molar-refractivity contribution >= 4 is 17.9 Å². The van der Waals surface area contributed by atoms with Gasteiger partial charge in [-0.2, -0.15) is 0 Å². The number of esters is 2. The number of hydrogen-bond donors (Lipinski definition) is 8. The second-order valence-corrected chi connectivity index (χ2v) is 21.4. The average molecular weight is 853 g/mol. The molecule has 8 N–H and O–H groups in total. The number of aliphatic hydroxyl groups excluding tert-OH is 7. The maximum Gasteiger partial charge on any atom is 0.317 e. The summed E-state index contributed by atoms with van der Waals surface area (Å²) in [7, 11) is 0. The van der Waals surface area contributed by atoms with Gasteiger partial charge in [-0.1, -0.05) is 60.1 Å². The summed E-state index contributed by atoms with van der Waals surface area (Å²) in [5, 5.41) is 84.2. The van der Waals surface area contributed by atoms with Gasteiger partial charge in [-0.05, 0) is 103 Å². The topological polar surface area (TPSA) is 259 Å². The molecule has 60 heavy (non-hydrogen) atoms. The molecule has 6 fully saturated rings. The SMILES string of the molecule is CC1(C)CCC2(C(=O)OC3OC(CO)C(O)C(O)C3O)CCC3(C)C(=CCC4C5(C)CC(O)C(OC6OCC(O)C(OC(=O)CC(=O)O)C6O)C(C)(C)C5CCC43C)C2C1. The Bertz CT molecular complexity index is 1700. The Morgan fingerprint density at radius 3 is 2.13 bits per heavy atom. The van der Waals surface area contributed by atoms with Crippen LogP contribution in [0.2, 0.25) is 0 Å². The fourth-order valence-electron chi connectivity index (χ4n) is 13.9. The third-order valence-corrected chi connectivity index (χ3v) is 17.3. The molecule has 2 saturated heterocycles. The summed E-state index contributed by atoms with van der Waals surface area (Å²) in [6.45, 7) is 14.6. The highest BCUT2D eigenvalue weighted by Crippen LogP contribution is 2.76. The molecule has 18 unspecified atom stereocenters. The van der Waals surface area contributed by atoms with Crippen molar-refractivity contribution in [2.75, 3.05) is 13.2 Å². The standard InChI is InChI=1S/C44H68O16/c1-39(2)12-14-44(38(55)60-37-32(53)31(52)30(51)25(19-45)57-37)15-13-42(6)21(22(44)17-39)8-9-27-41(5)18-23(46)35(40(3,4)26(41)10-11-43(27,42)7)59-36-33(54)34(24(47)20-56-36)58-29(50)16-28(48)49/h8,22-27,30-37,45-47,51-54H,9-20H2,1-7H3,(H,48,49). The first-order chi connectivity index (χ1) is 27.9. The molecular formula is C44H68O16. The molecule has 0 aromatic heterocycles. The predicted octanol–water partition coefficient (Wildman–Crippen LogP) is 1.95. The number of carboxylic acid groups (broad SMARTS) is 1. The molecule has 0 aromatic carbocycles. The Balaban J connectivity index is 1.14. The second-order valence-electron chi connectivity index (χ2n) is 21.4. The number of fused-ring (bicyclic) bond motifs is 7. The van der Waals surface area contributed by atoms with E-state index in [4.69, 9.17) is 28.8 Å². The normalized spacial score (nSPS) is 49.5. The summed E-state index contributed by atoms with van der Waals surface area (Å²) in [6, 6.07) is 0. The minimum Gasteiger partial charge on any atom is -0.481 e. The van der Waals surface area contributed by atoms with Gasteiger partial charge in [0.05, 0.1) is 30.8 Å². The van der Waals surface area contributed by atoms with E-state index in [1.54, 1.807) is 0 Å². The summed E-state index contributed by atoms with van der Waals surface area (Å²) in [5.74, 6) is -3.00. The number of aliphatic hydroxyl groups is 7. The first-order valence-electron chi connectivity index (χ1n) is 21.8. The zero-order valence-corrected chi connectivity index (χ0v) is 36.0. The molecule has 340 valence electrons. The van der Waals surface area contributed by atoms with E-state index in [1.165, 1.54) is 5.57 Å². The Labute approximate surface area is 351 Å². The number of hydrogen-bond acceptors (Lipinski definition) is 15. The van der Waals surface area contributed by atoms with Crippen molar-refractivity contribution in [3.63, 3.8) is 0 Å². The van der Waals surface area contributed by atoms with Gasteiger partial charge in [0.25, 0.3) is 0 Å². The van der Waals surface area contributed by atoms with Crippen LogP contribution in [0.5, 0.6) is 0 Å². The summed E-state index contributed by atoms with van der Waals surface area (Å²) in [4.78, 5) is 37.8. The van der Waals surface area contributed by atoms with E-state index in [0.717, 1.165) is 32.1 Å². The maximum absolute atomic E-state index is 14.6. The molecule has 0 bridgehead atoms. The Morgan fingerprint density at radius 2 is 1.47 bits per heavy atom. The lowest BCUT2D eigenvalue weighted by atomic mass is 9.33. The van der Waals surface area contributed by atoms with Crippen LogP contribution < -0.4 is 0 Å². The van der Waals surface area contributed by atoms with Gasteiger partial charge in [-0.15, -0.1) is 0 Å². The van der Waals surface area contributed by atoms with Gasteiger partial charge in [0.15, 0.2) is 12.4 Å². The van der Waals surface area contributed by atoms with Gasteiger partial charge >= 0.3 is 17.9 Å². The summed E-state index contributed by atoms with van der Waals surface area (Å²) in [5.41, 5.74) is -1.28. The lowest BCUT2D eigenvalue weighted by Crippen LogP contribution is -2.68. The summed E-state index contributed by atoms with van der Waals surface area (Å²) >= 11 is 0. The van der Waals surface area contributed by atoms with E-state index in [-0.39, 0.29) is 46.0 Å². The van der Waals surface area contributed by atoms with Gasteiger partial charge in [0.1, 0.15) is 43.0 Å². The molecule has 0 aromatic rings. The third-order valence-electron chi connectivity index (χ3n) is 17.3. The van der Waals surface area contributed by atoms with Crippen molar-refractivity contribution < 1.29 is 78.9 Å². The number of ether oxygens (including phenoxy) is 5. The lowest BCUT2D eigenvalue weighted by molar-refractivity contribution is -0.324. The quantitative estimate of drug-likeness (QED) is 0.0751. The van der Waals surface area contributed by atoms with Crippen molar-refractivity contribution in [1.29, 1.82) is 0 Å².